The van der Waals surface area contributed by atoms with Gasteiger partial charge in [-0.05, 0) is 19.8 Å². The molecule has 6 atom stereocenters. The molecule has 0 aliphatic carbocycles. The summed E-state index contributed by atoms with van der Waals surface area (Å²) in [6.45, 7) is 4.69. The lowest BCUT2D eigenvalue weighted by molar-refractivity contribution is -0.123. The topological polar surface area (TPSA) is 65.0 Å². The molecular weight excluding hydrogens is 274 g/mol. The fourth-order valence-corrected chi connectivity index (χ4v) is 2.97. The molecule has 5 nitrogen and oxygen atoms in total. The first kappa shape index (κ1) is 16.4. The Bertz CT molecular complexity index is 264. The zero-order valence-corrected chi connectivity index (χ0v) is 13.0. The van der Waals surface area contributed by atoms with Crippen molar-refractivity contribution in [2.45, 2.75) is 45.2 Å². The van der Waals surface area contributed by atoms with Crippen molar-refractivity contribution in [3.05, 3.63) is 0 Å². The molecule has 2 aliphatic rings. The Labute approximate surface area is 112 Å². The van der Waals surface area contributed by atoms with E-state index in [2.05, 4.69) is 8.93 Å². The van der Waals surface area contributed by atoms with Gasteiger partial charge in [-0.1, -0.05) is 15.9 Å². The maximum Gasteiger partial charge on any atom is 0.163 e. The number of Topliss-reactive ketones (excluding diaryl/α,β-unsaturated/α-hetero) is 1. The number of carbonyl (C=O) groups excluding carboxylic acids is 1. The third kappa shape index (κ3) is 4.80. The SMILES string of the molecule is CC[C@@H](OPP)C(C)=O.O[C@@H]1CO[C@@H]2OCC[C@@H]21. The number of carbonyl (C=O) groups is 1. The maximum absolute atomic E-state index is 10.6. The summed E-state index contributed by atoms with van der Waals surface area (Å²) in [5, 5.41) is 9.19. The number of aliphatic hydroxyl groups excluding tert-OH is 1. The Morgan fingerprint density at radius 1 is 1.61 bits per heavy atom. The van der Waals surface area contributed by atoms with Gasteiger partial charge in [-0.2, -0.15) is 0 Å². The van der Waals surface area contributed by atoms with Crippen molar-refractivity contribution in [1.82, 2.24) is 0 Å². The first-order valence-electron chi connectivity index (χ1n) is 6.13. The van der Waals surface area contributed by atoms with E-state index in [1.54, 1.807) is 6.92 Å². The Morgan fingerprint density at radius 2 is 2.33 bits per heavy atom. The van der Waals surface area contributed by atoms with Gasteiger partial charge in [-0.25, -0.2) is 0 Å². The Balaban J connectivity index is 0.000000180. The highest BCUT2D eigenvalue weighted by Crippen LogP contribution is 2.30. The van der Waals surface area contributed by atoms with E-state index in [4.69, 9.17) is 14.0 Å². The number of ether oxygens (including phenoxy) is 2. The van der Waals surface area contributed by atoms with Crippen molar-refractivity contribution in [3.8, 4) is 0 Å². The minimum atomic E-state index is -0.280. The van der Waals surface area contributed by atoms with Crippen LogP contribution in [-0.4, -0.2) is 42.6 Å². The van der Waals surface area contributed by atoms with E-state index in [1.165, 1.54) is 0 Å². The smallest absolute Gasteiger partial charge is 0.163 e. The van der Waals surface area contributed by atoms with Crippen LogP contribution in [0.3, 0.4) is 0 Å². The zero-order valence-electron chi connectivity index (χ0n) is 10.8. The third-order valence-corrected chi connectivity index (χ3v) is 3.87. The second kappa shape index (κ2) is 8.52. The molecule has 2 heterocycles. The van der Waals surface area contributed by atoms with Gasteiger partial charge < -0.3 is 19.1 Å². The molecule has 7 heteroatoms. The Kier molecular flexibility index (Phi) is 7.78. The number of fused-ring (bicyclic) bond motifs is 1. The molecule has 0 radical (unpaired) electrons. The van der Waals surface area contributed by atoms with Crippen molar-refractivity contribution in [2.75, 3.05) is 13.2 Å². The summed E-state index contributed by atoms with van der Waals surface area (Å²) >= 11 is 0. The molecule has 0 saturated carbocycles. The van der Waals surface area contributed by atoms with Crippen LogP contribution in [0, 0.1) is 5.92 Å². The van der Waals surface area contributed by atoms with Crippen LogP contribution in [0.15, 0.2) is 0 Å². The van der Waals surface area contributed by atoms with E-state index < -0.39 is 0 Å². The molecular formula is C11H22O5P2. The van der Waals surface area contributed by atoms with Crippen molar-refractivity contribution in [2.24, 2.45) is 5.92 Å². The van der Waals surface area contributed by atoms with Crippen molar-refractivity contribution in [1.29, 1.82) is 0 Å². The molecule has 2 rings (SSSR count). The summed E-state index contributed by atoms with van der Waals surface area (Å²) in [5.41, 5.74) is 0. The van der Waals surface area contributed by atoms with Crippen LogP contribution in [-0.2, 0) is 18.8 Å². The van der Waals surface area contributed by atoms with E-state index in [9.17, 15) is 9.90 Å². The number of ketones is 1. The van der Waals surface area contributed by atoms with Crippen molar-refractivity contribution < 1.29 is 23.9 Å². The minimum Gasteiger partial charge on any atom is -0.390 e. The zero-order chi connectivity index (χ0) is 13.5. The fourth-order valence-electron chi connectivity index (χ4n) is 1.98. The van der Waals surface area contributed by atoms with E-state index in [-0.39, 0.29) is 30.2 Å². The van der Waals surface area contributed by atoms with Crippen LogP contribution in [0.4, 0.5) is 0 Å². The molecule has 1 N–H and O–H groups in total. The summed E-state index contributed by atoms with van der Waals surface area (Å²) in [6, 6.07) is 0. The van der Waals surface area contributed by atoms with E-state index >= 15 is 0 Å². The molecule has 0 aromatic carbocycles. The maximum atomic E-state index is 10.6. The predicted molar refractivity (Wildman–Crippen MR) is 73.7 cm³/mol. The Morgan fingerprint density at radius 3 is 2.78 bits per heavy atom. The first-order chi connectivity index (χ1) is 8.60. The molecule has 2 fully saturated rings. The van der Waals surface area contributed by atoms with Gasteiger partial charge in [0.2, 0.25) is 0 Å². The highest BCUT2D eigenvalue weighted by Gasteiger charge is 2.40. The van der Waals surface area contributed by atoms with Crippen molar-refractivity contribution >= 4 is 23.2 Å². The lowest BCUT2D eigenvalue weighted by Crippen LogP contribution is -2.18. The fraction of sp³-hybridized carbons (Fsp3) is 0.909. The molecule has 0 spiro atoms. The van der Waals surface area contributed by atoms with Crippen LogP contribution < -0.4 is 0 Å². The summed E-state index contributed by atoms with van der Waals surface area (Å²) in [4.78, 5) is 10.6. The van der Waals surface area contributed by atoms with Crippen LogP contribution >= 0.6 is 17.4 Å². The van der Waals surface area contributed by atoms with E-state index in [0.29, 0.717) is 15.1 Å². The number of aliphatic hydroxyl groups is 1. The van der Waals surface area contributed by atoms with Crippen LogP contribution in [0.25, 0.3) is 0 Å². The molecule has 0 aromatic rings. The van der Waals surface area contributed by atoms with Gasteiger partial charge in [0.25, 0.3) is 0 Å². The van der Waals surface area contributed by atoms with Gasteiger partial charge in [0.15, 0.2) is 12.1 Å². The quantitative estimate of drug-likeness (QED) is 0.796. The van der Waals surface area contributed by atoms with Gasteiger partial charge in [0, 0.05) is 14.4 Å². The molecule has 18 heavy (non-hydrogen) atoms. The largest absolute Gasteiger partial charge is 0.390 e. The summed E-state index contributed by atoms with van der Waals surface area (Å²) in [7, 11) is 2.78. The molecule has 2 aliphatic heterocycles. The van der Waals surface area contributed by atoms with Gasteiger partial charge in [-0.3, -0.25) is 4.79 Å². The van der Waals surface area contributed by atoms with Gasteiger partial charge in [0.1, 0.15) is 6.10 Å². The summed E-state index contributed by atoms with van der Waals surface area (Å²) in [6.07, 6.45) is 1.17. The van der Waals surface area contributed by atoms with Crippen LogP contribution in [0.5, 0.6) is 0 Å². The summed E-state index contributed by atoms with van der Waals surface area (Å²) < 4.78 is 15.4. The molecule has 106 valence electrons. The normalized spacial score (nSPS) is 32.1. The third-order valence-electron chi connectivity index (χ3n) is 3.04. The standard InChI is InChI=1S/C6H10O3.C5H12O2P2/c7-5-3-9-6-4(5)1-2-8-6;1-3-5(4(2)6)7-9-8/h4-7H,1-3H2;5,9H,3,8H2,1-2H3/t4-,5-,6+;5-/m11/s1. The highest BCUT2D eigenvalue weighted by atomic mass is 32.0. The average molecular weight is 296 g/mol. The minimum absolute atomic E-state index is 0.0972. The molecule has 2 saturated heterocycles. The van der Waals surface area contributed by atoms with Gasteiger partial charge in [-0.15, -0.1) is 0 Å². The van der Waals surface area contributed by atoms with Gasteiger partial charge in [0.05, 0.1) is 19.3 Å². The van der Waals surface area contributed by atoms with E-state index in [1.807, 2.05) is 6.92 Å². The molecule has 0 aromatic heterocycles. The Hall–Kier alpha value is 0.370. The monoisotopic (exact) mass is 296 g/mol. The molecule has 0 amide bonds. The lowest BCUT2D eigenvalue weighted by Gasteiger charge is -2.08. The number of rotatable bonds is 4. The highest BCUT2D eigenvalue weighted by molar-refractivity contribution is 8.00. The van der Waals surface area contributed by atoms with E-state index in [0.717, 1.165) is 19.4 Å². The molecule has 2 unspecified atom stereocenters. The number of hydrogen-bond donors (Lipinski definition) is 1. The van der Waals surface area contributed by atoms with Crippen molar-refractivity contribution in [3.63, 3.8) is 0 Å². The predicted octanol–water partition coefficient (Wildman–Crippen LogP) is 1.49. The number of hydrogen-bond acceptors (Lipinski definition) is 5. The van der Waals surface area contributed by atoms with Crippen LogP contribution in [0.2, 0.25) is 0 Å². The van der Waals surface area contributed by atoms with Gasteiger partial charge >= 0.3 is 0 Å². The lowest BCUT2D eigenvalue weighted by atomic mass is 10.0. The second-order valence-corrected chi connectivity index (χ2v) is 5.51. The average Bonchev–Trinajstić information content (AvgIpc) is 2.92. The second-order valence-electron chi connectivity index (χ2n) is 4.34. The van der Waals surface area contributed by atoms with Crippen LogP contribution in [0.1, 0.15) is 26.7 Å². The molecule has 0 bridgehead atoms. The summed E-state index contributed by atoms with van der Waals surface area (Å²) in [5.74, 6) is 0.373. The first-order valence-corrected chi connectivity index (χ1v) is 8.84.